The lowest BCUT2D eigenvalue weighted by atomic mass is 9.93. The number of anilines is 2. The standard InChI is InChI=1S/C20H24N4O2/c1-22-14-21-18(13-19(22)25)23-9-6-15(7-10-23)12-20(26)24-11-8-16-4-2-3-5-17(16)24/h2-5,13-15H,6-12H2,1H3. The summed E-state index contributed by atoms with van der Waals surface area (Å²) in [6.07, 6.45) is 5.04. The Morgan fingerprint density at radius 1 is 1.19 bits per heavy atom. The van der Waals surface area contributed by atoms with Crippen molar-refractivity contribution in [2.75, 3.05) is 29.4 Å². The Hall–Kier alpha value is -2.63. The molecule has 0 bridgehead atoms. The van der Waals surface area contributed by atoms with Crippen LogP contribution in [0.1, 0.15) is 24.8 Å². The van der Waals surface area contributed by atoms with Gasteiger partial charge in [-0.2, -0.15) is 0 Å². The fourth-order valence-corrected chi connectivity index (χ4v) is 3.95. The molecule has 0 aliphatic carbocycles. The van der Waals surface area contributed by atoms with Gasteiger partial charge < -0.3 is 14.4 Å². The number of aromatic nitrogens is 2. The van der Waals surface area contributed by atoms with Crippen molar-refractivity contribution in [3.05, 3.63) is 52.6 Å². The zero-order valence-electron chi connectivity index (χ0n) is 15.1. The van der Waals surface area contributed by atoms with E-state index < -0.39 is 0 Å². The van der Waals surface area contributed by atoms with Crippen molar-refractivity contribution in [3.63, 3.8) is 0 Å². The zero-order valence-corrected chi connectivity index (χ0v) is 15.1. The van der Waals surface area contributed by atoms with E-state index in [1.165, 1.54) is 10.1 Å². The minimum absolute atomic E-state index is 0.0417. The Kier molecular flexibility index (Phi) is 4.49. The largest absolute Gasteiger partial charge is 0.356 e. The molecule has 2 aliphatic heterocycles. The van der Waals surface area contributed by atoms with E-state index in [9.17, 15) is 9.59 Å². The number of nitrogens with zero attached hydrogens (tertiary/aromatic N) is 4. The molecular formula is C20H24N4O2. The highest BCUT2D eigenvalue weighted by Gasteiger charge is 2.28. The van der Waals surface area contributed by atoms with Crippen LogP contribution in [0.4, 0.5) is 11.5 Å². The average Bonchev–Trinajstić information content (AvgIpc) is 3.09. The number of carbonyl (C=O) groups is 1. The molecule has 0 N–H and O–H groups in total. The van der Waals surface area contributed by atoms with Crippen LogP contribution in [0, 0.1) is 5.92 Å². The first-order valence-electron chi connectivity index (χ1n) is 9.28. The second-order valence-corrected chi connectivity index (χ2v) is 7.25. The van der Waals surface area contributed by atoms with Gasteiger partial charge in [-0.3, -0.25) is 9.59 Å². The van der Waals surface area contributed by atoms with Crippen LogP contribution >= 0.6 is 0 Å². The third kappa shape index (κ3) is 3.23. The minimum Gasteiger partial charge on any atom is -0.356 e. The molecule has 4 rings (SSSR count). The van der Waals surface area contributed by atoms with Gasteiger partial charge in [-0.05, 0) is 36.8 Å². The molecule has 0 unspecified atom stereocenters. The first-order valence-corrected chi connectivity index (χ1v) is 9.28. The van der Waals surface area contributed by atoms with E-state index in [4.69, 9.17) is 0 Å². The molecule has 2 aromatic rings. The Morgan fingerprint density at radius 3 is 2.73 bits per heavy atom. The summed E-state index contributed by atoms with van der Waals surface area (Å²) in [5, 5.41) is 0. The number of amides is 1. The number of aryl methyl sites for hydroxylation is 1. The van der Waals surface area contributed by atoms with Gasteiger partial charge in [0.25, 0.3) is 5.56 Å². The van der Waals surface area contributed by atoms with Crippen molar-refractivity contribution in [1.29, 1.82) is 0 Å². The third-order valence-electron chi connectivity index (χ3n) is 5.55. The van der Waals surface area contributed by atoms with Crippen LogP contribution in [0.3, 0.4) is 0 Å². The summed E-state index contributed by atoms with van der Waals surface area (Å²) in [7, 11) is 1.70. The highest BCUT2D eigenvalue weighted by atomic mass is 16.2. The number of para-hydroxylation sites is 1. The van der Waals surface area contributed by atoms with Gasteiger partial charge in [0.15, 0.2) is 0 Å². The van der Waals surface area contributed by atoms with Gasteiger partial charge in [0.05, 0.1) is 6.33 Å². The maximum Gasteiger partial charge on any atom is 0.255 e. The molecule has 0 radical (unpaired) electrons. The summed E-state index contributed by atoms with van der Waals surface area (Å²) >= 11 is 0. The Bertz CT molecular complexity index is 868. The number of benzene rings is 1. The highest BCUT2D eigenvalue weighted by Crippen LogP contribution is 2.30. The van der Waals surface area contributed by atoms with Crippen LogP contribution in [-0.4, -0.2) is 35.1 Å². The fourth-order valence-electron chi connectivity index (χ4n) is 3.95. The van der Waals surface area contributed by atoms with Crippen LogP contribution in [0.15, 0.2) is 41.5 Å². The Labute approximate surface area is 153 Å². The molecule has 1 aromatic heterocycles. The van der Waals surface area contributed by atoms with Gasteiger partial charge in [0.2, 0.25) is 5.91 Å². The molecular weight excluding hydrogens is 328 g/mol. The van der Waals surface area contributed by atoms with Crippen molar-refractivity contribution in [2.24, 2.45) is 13.0 Å². The summed E-state index contributed by atoms with van der Waals surface area (Å²) in [6, 6.07) is 9.78. The molecule has 1 amide bonds. The van der Waals surface area contributed by atoms with E-state index in [0.717, 1.165) is 50.4 Å². The van der Waals surface area contributed by atoms with Gasteiger partial charge in [-0.1, -0.05) is 18.2 Å². The van der Waals surface area contributed by atoms with Gasteiger partial charge in [0.1, 0.15) is 5.82 Å². The van der Waals surface area contributed by atoms with E-state index in [2.05, 4.69) is 16.0 Å². The molecule has 1 aromatic carbocycles. The van der Waals surface area contributed by atoms with E-state index >= 15 is 0 Å². The topological polar surface area (TPSA) is 58.4 Å². The molecule has 136 valence electrons. The van der Waals surface area contributed by atoms with Crippen molar-refractivity contribution >= 4 is 17.4 Å². The summed E-state index contributed by atoms with van der Waals surface area (Å²) in [4.78, 5) is 33.0. The third-order valence-corrected chi connectivity index (χ3v) is 5.55. The lowest BCUT2D eigenvalue weighted by molar-refractivity contribution is -0.119. The molecule has 6 heteroatoms. The fraction of sp³-hybridized carbons (Fsp3) is 0.450. The van der Waals surface area contributed by atoms with Crippen LogP contribution in [0.5, 0.6) is 0 Å². The normalized spacial score (nSPS) is 17.4. The molecule has 6 nitrogen and oxygen atoms in total. The summed E-state index contributed by atoms with van der Waals surface area (Å²) in [6.45, 7) is 2.48. The second-order valence-electron chi connectivity index (χ2n) is 7.25. The summed E-state index contributed by atoms with van der Waals surface area (Å²) in [5.41, 5.74) is 2.31. The van der Waals surface area contributed by atoms with Crippen LogP contribution in [0.2, 0.25) is 0 Å². The minimum atomic E-state index is -0.0417. The number of piperidine rings is 1. The van der Waals surface area contributed by atoms with E-state index in [1.54, 1.807) is 19.4 Å². The molecule has 0 spiro atoms. The number of carbonyl (C=O) groups excluding carboxylic acids is 1. The molecule has 3 heterocycles. The molecule has 1 saturated heterocycles. The van der Waals surface area contributed by atoms with Gasteiger partial charge in [-0.15, -0.1) is 0 Å². The monoisotopic (exact) mass is 352 g/mol. The van der Waals surface area contributed by atoms with Crippen LogP contribution < -0.4 is 15.4 Å². The smallest absolute Gasteiger partial charge is 0.255 e. The maximum atomic E-state index is 12.8. The van der Waals surface area contributed by atoms with Gasteiger partial charge in [-0.25, -0.2) is 4.98 Å². The first kappa shape index (κ1) is 16.8. The number of rotatable bonds is 3. The van der Waals surface area contributed by atoms with E-state index in [-0.39, 0.29) is 11.5 Å². The van der Waals surface area contributed by atoms with Gasteiger partial charge in [0, 0.05) is 44.9 Å². The average molecular weight is 352 g/mol. The van der Waals surface area contributed by atoms with E-state index in [0.29, 0.717) is 12.3 Å². The SMILES string of the molecule is Cn1cnc(N2CCC(CC(=O)N3CCc4ccccc43)CC2)cc1=O. The number of fused-ring (bicyclic) bond motifs is 1. The Morgan fingerprint density at radius 2 is 1.96 bits per heavy atom. The quantitative estimate of drug-likeness (QED) is 0.847. The molecule has 26 heavy (non-hydrogen) atoms. The summed E-state index contributed by atoms with van der Waals surface area (Å²) < 4.78 is 1.48. The summed E-state index contributed by atoms with van der Waals surface area (Å²) in [5.74, 6) is 1.38. The van der Waals surface area contributed by atoms with Crippen LogP contribution in [0.25, 0.3) is 0 Å². The zero-order chi connectivity index (χ0) is 18.1. The highest BCUT2D eigenvalue weighted by molar-refractivity contribution is 5.95. The molecule has 0 saturated carbocycles. The molecule has 0 atom stereocenters. The first-order chi connectivity index (χ1) is 12.6. The maximum absolute atomic E-state index is 12.8. The Balaban J connectivity index is 1.35. The van der Waals surface area contributed by atoms with E-state index in [1.807, 2.05) is 23.1 Å². The lowest BCUT2D eigenvalue weighted by Gasteiger charge is -2.33. The predicted octanol–water partition coefficient (Wildman–Crippen LogP) is 1.98. The molecule has 1 fully saturated rings. The van der Waals surface area contributed by atoms with Crippen molar-refractivity contribution in [1.82, 2.24) is 9.55 Å². The van der Waals surface area contributed by atoms with Crippen molar-refractivity contribution < 1.29 is 4.79 Å². The number of hydrogen-bond donors (Lipinski definition) is 0. The van der Waals surface area contributed by atoms with Crippen LogP contribution in [-0.2, 0) is 18.3 Å². The number of hydrogen-bond acceptors (Lipinski definition) is 4. The predicted molar refractivity (Wildman–Crippen MR) is 102 cm³/mol. The lowest BCUT2D eigenvalue weighted by Crippen LogP contribution is -2.38. The van der Waals surface area contributed by atoms with Gasteiger partial charge >= 0.3 is 0 Å². The van der Waals surface area contributed by atoms with Crippen molar-refractivity contribution in [2.45, 2.75) is 25.7 Å². The van der Waals surface area contributed by atoms with Crippen molar-refractivity contribution in [3.8, 4) is 0 Å². The second kappa shape index (κ2) is 6.94. The molecule has 2 aliphatic rings.